The number of halogens is 1. The number of nitrogens with zero attached hydrogens (tertiary/aromatic N) is 3. The van der Waals surface area contributed by atoms with E-state index in [4.69, 9.17) is 4.74 Å². The predicted molar refractivity (Wildman–Crippen MR) is 114 cm³/mol. The Morgan fingerprint density at radius 1 is 1.26 bits per heavy atom. The first-order chi connectivity index (χ1) is 13.1. The predicted octanol–water partition coefficient (Wildman–Crippen LogP) is 4.70. The van der Waals surface area contributed by atoms with Gasteiger partial charge in [0.05, 0.1) is 25.1 Å². The SMILES string of the molecule is CC[C@H]1S/C(=N\N=C/c2cc(Br)ccc2OC)N(Cc2ccccc2)C1=O. The molecular formula is C20H20BrN3O2S. The van der Waals surface area contributed by atoms with Crippen molar-refractivity contribution >= 4 is 45.0 Å². The highest BCUT2D eigenvalue weighted by molar-refractivity contribution is 9.10. The monoisotopic (exact) mass is 445 g/mol. The summed E-state index contributed by atoms with van der Waals surface area (Å²) >= 11 is 4.91. The normalized spacial score (nSPS) is 18.6. The molecule has 7 heteroatoms. The van der Waals surface area contributed by atoms with Crippen molar-refractivity contribution in [1.82, 2.24) is 4.90 Å². The number of amidine groups is 1. The molecule has 0 unspecified atom stereocenters. The highest BCUT2D eigenvalue weighted by atomic mass is 79.9. The van der Waals surface area contributed by atoms with Crippen molar-refractivity contribution in [2.24, 2.45) is 10.2 Å². The molecule has 0 aromatic heterocycles. The molecule has 140 valence electrons. The van der Waals surface area contributed by atoms with E-state index in [1.54, 1.807) is 18.2 Å². The fourth-order valence-corrected chi connectivity index (χ4v) is 4.11. The largest absolute Gasteiger partial charge is 0.496 e. The summed E-state index contributed by atoms with van der Waals surface area (Å²) in [4.78, 5) is 14.4. The standard InChI is InChI=1S/C20H20BrN3O2S/c1-3-18-19(25)24(13-14-7-5-4-6-8-14)20(27-18)23-22-12-15-11-16(21)9-10-17(15)26-2/h4-12,18H,3,13H2,1-2H3/b22-12-,23-20-/t18-/m1/s1. The van der Waals surface area contributed by atoms with Crippen molar-refractivity contribution in [3.05, 3.63) is 64.1 Å². The van der Waals surface area contributed by atoms with Gasteiger partial charge in [0.25, 0.3) is 0 Å². The number of thioether (sulfide) groups is 1. The van der Waals surface area contributed by atoms with Gasteiger partial charge in [0.15, 0.2) is 5.17 Å². The third kappa shape index (κ3) is 4.78. The maximum Gasteiger partial charge on any atom is 0.242 e. The summed E-state index contributed by atoms with van der Waals surface area (Å²) in [5.41, 5.74) is 1.88. The van der Waals surface area contributed by atoms with Crippen LogP contribution in [0.25, 0.3) is 0 Å². The van der Waals surface area contributed by atoms with Crippen molar-refractivity contribution < 1.29 is 9.53 Å². The number of amides is 1. The van der Waals surface area contributed by atoms with Gasteiger partial charge in [0.1, 0.15) is 5.75 Å². The Kier molecular flexibility index (Phi) is 6.68. The lowest BCUT2D eigenvalue weighted by Crippen LogP contribution is -2.31. The van der Waals surface area contributed by atoms with Crippen molar-refractivity contribution in [2.75, 3.05) is 7.11 Å². The van der Waals surface area contributed by atoms with E-state index in [1.165, 1.54) is 11.8 Å². The number of benzene rings is 2. The van der Waals surface area contributed by atoms with Gasteiger partial charge in [0, 0.05) is 10.0 Å². The van der Waals surface area contributed by atoms with Crippen LogP contribution in [0.1, 0.15) is 24.5 Å². The van der Waals surface area contributed by atoms with Gasteiger partial charge in [-0.2, -0.15) is 5.10 Å². The third-order valence-corrected chi connectivity index (χ3v) is 5.93. The Balaban J connectivity index is 1.84. The van der Waals surface area contributed by atoms with E-state index in [-0.39, 0.29) is 11.2 Å². The molecule has 0 saturated carbocycles. The van der Waals surface area contributed by atoms with Crippen molar-refractivity contribution in [3.8, 4) is 5.75 Å². The molecule has 1 atom stereocenters. The zero-order valence-electron chi connectivity index (χ0n) is 15.1. The Labute approximate surface area is 171 Å². The van der Waals surface area contributed by atoms with Gasteiger partial charge in [-0.1, -0.05) is 64.9 Å². The first-order valence-electron chi connectivity index (χ1n) is 8.59. The van der Waals surface area contributed by atoms with Crippen LogP contribution in [0.4, 0.5) is 0 Å². The molecule has 1 aliphatic rings. The summed E-state index contributed by atoms with van der Waals surface area (Å²) in [6, 6.07) is 15.6. The van der Waals surface area contributed by atoms with Gasteiger partial charge < -0.3 is 4.74 Å². The topological polar surface area (TPSA) is 54.3 Å². The minimum absolute atomic E-state index is 0.0836. The summed E-state index contributed by atoms with van der Waals surface area (Å²) in [5.74, 6) is 0.796. The lowest BCUT2D eigenvalue weighted by Gasteiger charge is -2.15. The van der Waals surface area contributed by atoms with Crippen LogP contribution in [-0.4, -0.2) is 34.5 Å². The van der Waals surface area contributed by atoms with Gasteiger partial charge in [-0.25, -0.2) is 0 Å². The lowest BCUT2D eigenvalue weighted by atomic mass is 10.2. The van der Waals surface area contributed by atoms with Crippen molar-refractivity contribution in [2.45, 2.75) is 25.1 Å². The van der Waals surface area contributed by atoms with E-state index in [9.17, 15) is 4.79 Å². The van der Waals surface area contributed by atoms with Crippen LogP contribution in [-0.2, 0) is 11.3 Å². The molecule has 0 N–H and O–H groups in total. The molecule has 1 aliphatic heterocycles. The average molecular weight is 446 g/mol. The zero-order chi connectivity index (χ0) is 19.2. The second kappa shape index (κ2) is 9.19. The van der Waals surface area contributed by atoms with Crippen molar-refractivity contribution in [1.29, 1.82) is 0 Å². The first kappa shape index (κ1) is 19.6. The van der Waals surface area contributed by atoms with Gasteiger partial charge in [-0.15, -0.1) is 5.10 Å². The summed E-state index contributed by atoms with van der Waals surface area (Å²) in [6.45, 7) is 2.51. The molecule has 1 amide bonds. The number of carbonyl (C=O) groups is 1. The fraction of sp³-hybridized carbons (Fsp3) is 0.250. The maximum absolute atomic E-state index is 12.7. The Morgan fingerprint density at radius 3 is 2.74 bits per heavy atom. The summed E-state index contributed by atoms with van der Waals surface area (Å²) in [7, 11) is 1.62. The van der Waals surface area contributed by atoms with Crippen LogP contribution in [0.2, 0.25) is 0 Å². The van der Waals surface area contributed by atoms with Crippen LogP contribution >= 0.6 is 27.7 Å². The fourth-order valence-electron chi connectivity index (χ4n) is 2.70. The molecule has 2 aromatic carbocycles. The van der Waals surface area contributed by atoms with E-state index in [2.05, 4.69) is 26.1 Å². The minimum atomic E-state index is -0.108. The smallest absolute Gasteiger partial charge is 0.242 e. The Bertz CT molecular complexity index is 871. The zero-order valence-corrected chi connectivity index (χ0v) is 17.5. The average Bonchev–Trinajstić information content (AvgIpc) is 2.98. The quantitative estimate of drug-likeness (QED) is 0.478. The number of methoxy groups -OCH3 is 1. The van der Waals surface area contributed by atoms with E-state index in [1.807, 2.05) is 55.5 Å². The third-order valence-electron chi connectivity index (χ3n) is 4.11. The molecule has 27 heavy (non-hydrogen) atoms. The molecule has 1 heterocycles. The Morgan fingerprint density at radius 2 is 2.04 bits per heavy atom. The van der Waals surface area contributed by atoms with Crippen LogP contribution in [0.15, 0.2) is 63.2 Å². The molecule has 2 aromatic rings. The van der Waals surface area contributed by atoms with Gasteiger partial charge in [-0.05, 0) is 30.2 Å². The number of ether oxygens (including phenoxy) is 1. The molecule has 3 rings (SSSR count). The number of hydrogen-bond acceptors (Lipinski definition) is 5. The van der Waals surface area contributed by atoms with Gasteiger partial charge >= 0.3 is 0 Å². The van der Waals surface area contributed by atoms with Gasteiger partial charge in [-0.3, -0.25) is 9.69 Å². The molecule has 0 aliphatic carbocycles. The molecule has 1 saturated heterocycles. The highest BCUT2D eigenvalue weighted by Gasteiger charge is 2.36. The van der Waals surface area contributed by atoms with E-state index in [0.29, 0.717) is 17.5 Å². The van der Waals surface area contributed by atoms with Crippen molar-refractivity contribution in [3.63, 3.8) is 0 Å². The second-order valence-electron chi connectivity index (χ2n) is 5.94. The first-order valence-corrected chi connectivity index (χ1v) is 10.3. The number of rotatable bonds is 6. The molecule has 0 spiro atoms. The van der Waals surface area contributed by atoms with E-state index < -0.39 is 0 Å². The number of hydrogen-bond donors (Lipinski definition) is 0. The van der Waals surface area contributed by atoms with Crippen LogP contribution in [0, 0.1) is 0 Å². The van der Waals surface area contributed by atoms with Gasteiger partial charge in [0.2, 0.25) is 5.91 Å². The van der Waals surface area contributed by atoms with Crippen LogP contribution < -0.4 is 4.74 Å². The van der Waals surface area contributed by atoms with E-state index in [0.717, 1.165) is 22.0 Å². The second-order valence-corrected chi connectivity index (χ2v) is 8.02. The molecule has 5 nitrogen and oxygen atoms in total. The molecule has 0 radical (unpaired) electrons. The molecule has 0 bridgehead atoms. The number of carbonyl (C=O) groups excluding carboxylic acids is 1. The lowest BCUT2D eigenvalue weighted by molar-refractivity contribution is -0.126. The highest BCUT2D eigenvalue weighted by Crippen LogP contribution is 2.31. The summed E-state index contributed by atoms with van der Waals surface area (Å²) < 4.78 is 6.27. The summed E-state index contributed by atoms with van der Waals surface area (Å²) in [6.07, 6.45) is 2.40. The minimum Gasteiger partial charge on any atom is -0.496 e. The molecule has 1 fully saturated rings. The molecular weight excluding hydrogens is 426 g/mol. The Hall–Kier alpha value is -2.12. The maximum atomic E-state index is 12.7. The van der Waals surface area contributed by atoms with E-state index >= 15 is 0 Å². The van der Waals surface area contributed by atoms with Crippen LogP contribution in [0.3, 0.4) is 0 Å². The van der Waals surface area contributed by atoms with Crippen LogP contribution in [0.5, 0.6) is 5.75 Å². The summed E-state index contributed by atoms with van der Waals surface area (Å²) in [5, 5.41) is 9.07.